The lowest BCUT2D eigenvalue weighted by atomic mass is 9.54. The lowest BCUT2D eigenvalue weighted by Crippen LogP contribution is -2.50. The molecule has 2 aromatic rings. The molecule has 1 aromatic heterocycles. The van der Waals surface area contributed by atoms with E-state index in [4.69, 9.17) is 9.72 Å². The van der Waals surface area contributed by atoms with E-state index < -0.39 is 0 Å². The number of rotatable bonds is 2. The Bertz CT molecular complexity index is 1020. The second kappa shape index (κ2) is 6.87. The molecule has 2 heterocycles. The van der Waals surface area contributed by atoms with Gasteiger partial charge in [-0.3, -0.25) is 14.9 Å². The number of halogens is 1. The number of anilines is 1. The van der Waals surface area contributed by atoms with E-state index in [1.54, 1.807) is 0 Å². The minimum atomic E-state index is -0.374. The molecule has 0 unspecified atom stereocenters. The van der Waals surface area contributed by atoms with Crippen molar-refractivity contribution in [3.8, 4) is 0 Å². The van der Waals surface area contributed by atoms with Crippen LogP contribution in [0.4, 0.5) is 9.52 Å². The number of nitrogens with one attached hydrogen (secondary N) is 1. The molecule has 1 aliphatic heterocycles. The highest BCUT2D eigenvalue weighted by Crippen LogP contribution is 2.59. The Morgan fingerprint density at radius 1 is 1.27 bits per heavy atom. The molecule has 1 aromatic carbocycles. The molecule has 3 aliphatic rings. The fraction of sp³-hybridized carbons (Fsp3) is 0.522. The molecule has 0 spiro atoms. The van der Waals surface area contributed by atoms with Gasteiger partial charge in [0.15, 0.2) is 5.13 Å². The monoisotopic (exact) mass is 428 g/mol. The van der Waals surface area contributed by atoms with Crippen LogP contribution in [0.5, 0.6) is 0 Å². The third-order valence-electron chi connectivity index (χ3n) is 7.48. The first kappa shape index (κ1) is 19.7. The van der Waals surface area contributed by atoms with Gasteiger partial charge < -0.3 is 4.74 Å². The average Bonchev–Trinajstić information content (AvgIpc) is 3.22. The number of hydrogen-bond donors (Lipinski definition) is 1. The predicted octanol–water partition coefficient (Wildman–Crippen LogP) is 4.79. The lowest BCUT2D eigenvalue weighted by Gasteiger charge is -2.51. The van der Waals surface area contributed by atoms with Crippen LogP contribution in [0.15, 0.2) is 24.3 Å². The number of thiazole rings is 1. The summed E-state index contributed by atoms with van der Waals surface area (Å²) < 4.78 is 19.0. The van der Waals surface area contributed by atoms with Crippen molar-refractivity contribution in [2.75, 3.05) is 5.32 Å². The van der Waals surface area contributed by atoms with Crippen molar-refractivity contribution in [2.24, 2.45) is 23.2 Å². The van der Waals surface area contributed by atoms with Crippen LogP contribution >= 0.6 is 11.3 Å². The number of ether oxygens (including phenoxy) is 1. The molecule has 0 radical (unpaired) electrons. The Labute approximate surface area is 179 Å². The number of amides is 1. The summed E-state index contributed by atoms with van der Waals surface area (Å²) in [7, 11) is 0. The molecular weight excluding hydrogens is 403 g/mol. The molecule has 1 N–H and O–H groups in total. The van der Waals surface area contributed by atoms with Gasteiger partial charge in [0.2, 0.25) is 0 Å². The van der Waals surface area contributed by atoms with Crippen molar-refractivity contribution < 1.29 is 18.7 Å². The van der Waals surface area contributed by atoms with Crippen LogP contribution in [-0.4, -0.2) is 23.0 Å². The zero-order chi connectivity index (χ0) is 21.2. The topological polar surface area (TPSA) is 68.3 Å². The Hall–Kier alpha value is -2.28. The number of benzene rings is 1. The summed E-state index contributed by atoms with van der Waals surface area (Å²) in [6.07, 6.45) is 2.92. The normalized spacial score (nSPS) is 34.5. The maximum Gasteiger partial charge on any atom is 0.309 e. The molecule has 158 valence electrons. The summed E-state index contributed by atoms with van der Waals surface area (Å²) in [6.45, 7) is 6.46. The second-order valence-corrected chi connectivity index (χ2v) is 10.4. The van der Waals surface area contributed by atoms with Gasteiger partial charge in [-0.2, -0.15) is 0 Å². The second-order valence-electron chi connectivity index (χ2n) is 9.33. The van der Waals surface area contributed by atoms with Gasteiger partial charge in [0.1, 0.15) is 11.9 Å². The Kier molecular flexibility index (Phi) is 4.51. The summed E-state index contributed by atoms with van der Waals surface area (Å²) >= 11 is 1.52. The Morgan fingerprint density at radius 2 is 2.00 bits per heavy atom. The first-order valence-corrected chi connectivity index (χ1v) is 11.4. The van der Waals surface area contributed by atoms with Crippen molar-refractivity contribution in [1.29, 1.82) is 0 Å². The van der Waals surface area contributed by atoms with Gasteiger partial charge in [0.05, 0.1) is 11.6 Å². The first-order valence-electron chi connectivity index (χ1n) is 10.5. The summed E-state index contributed by atoms with van der Waals surface area (Å²) in [5.41, 5.74) is 1.46. The van der Waals surface area contributed by atoms with Gasteiger partial charge in [-0.25, -0.2) is 9.37 Å². The van der Waals surface area contributed by atoms with Gasteiger partial charge in [0.25, 0.3) is 5.91 Å². The van der Waals surface area contributed by atoms with Crippen LogP contribution in [0.25, 0.3) is 0 Å². The zero-order valence-electron chi connectivity index (χ0n) is 17.3. The van der Waals surface area contributed by atoms with Crippen molar-refractivity contribution in [2.45, 2.75) is 52.1 Å². The molecule has 0 bridgehead atoms. The molecule has 7 heteroatoms. The highest BCUT2D eigenvalue weighted by molar-refractivity contribution is 7.15. The fourth-order valence-electron chi connectivity index (χ4n) is 5.90. The molecule has 30 heavy (non-hydrogen) atoms. The van der Waals surface area contributed by atoms with Gasteiger partial charge in [-0.1, -0.05) is 20.8 Å². The lowest BCUT2D eigenvalue weighted by molar-refractivity contribution is -0.149. The van der Waals surface area contributed by atoms with Crippen molar-refractivity contribution in [3.05, 3.63) is 46.2 Å². The summed E-state index contributed by atoms with van der Waals surface area (Å²) in [4.78, 5) is 30.7. The number of aromatic nitrogens is 1. The maximum atomic E-state index is 13.1. The van der Waals surface area contributed by atoms with E-state index in [9.17, 15) is 14.0 Å². The van der Waals surface area contributed by atoms with Crippen LogP contribution in [0.2, 0.25) is 0 Å². The van der Waals surface area contributed by atoms with E-state index in [2.05, 4.69) is 19.2 Å². The van der Waals surface area contributed by atoms with Crippen LogP contribution in [0, 0.1) is 29.0 Å². The minimum absolute atomic E-state index is 0.0332. The third-order valence-corrected chi connectivity index (χ3v) is 8.47. The van der Waals surface area contributed by atoms with Gasteiger partial charge >= 0.3 is 5.97 Å². The van der Waals surface area contributed by atoms with Crippen LogP contribution in [0.1, 0.15) is 60.5 Å². The summed E-state index contributed by atoms with van der Waals surface area (Å²) in [5, 5.41) is 3.44. The number of fused-ring (bicyclic) bond motifs is 4. The van der Waals surface area contributed by atoms with Gasteiger partial charge in [-0.05, 0) is 48.9 Å². The number of hydrogen-bond acceptors (Lipinski definition) is 5. The maximum absolute atomic E-state index is 13.1. The molecule has 1 saturated heterocycles. The van der Waals surface area contributed by atoms with Gasteiger partial charge in [-0.15, -0.1) is 11.3 Å². The number of esters is 1. The van der Waals surface area contributed by atoms with E-state index in [0.717, 1.165) is 25.0 Å². The van der Waals surface area contributed by atoms with Crippen LogP contribution < -0.4 is 5.32 Å². The predicted molar refractivity (Wildman–Crippen MR) is 112 cm³/mol. The summed E-state index contributed by atoms with van der Waals surface area (Å²) in [5.74, 6) is -0.0993. The fourth-order valence-corrected chi connectivity index (χ4v) is 7.16. The van der Waals surface area contributed by atoms with Crippen molar-refractivity contribution in [1.82, 2.24) is 4.98 Å². The van der Waals surface area contributed by atoms with Crippen LogP contribution in [-0.2, 0) is 16.0 Å². The molecule has 6 atom stereocenters. The van der Waals surface area contributed by atoms with Crippen molar-refractivity contribution >= 4 is 28.3 Å². The van der Waals surface area contributed by atoms with E-state index in [1.807, 2.05) is 6.92 Å². The van der Waals surface area contributed by atoms with Crippen molar-refractivity contribution in [3.63, 3.8) is 0 Å². The Balaban J connectivity index is 1.42. The standard InChI is InChI=1S/C23H25FN2O3S/c1-11-15-8-9-23(3)10-16-18(12(2)17(23)19(15)29-21(11)28)25-22(30-16)26-20(27)13-4-6-14(24)7-5-13/h4-7,11-12,15,17,19H,8-10H2,1-3H3,(H,25,26,27)/t11-,12-,15-,17+,19-,23+/m0/s1. The quantitative estimate of drug-likeness (QED) is 0.699. The molecule has 5 rings (SSSR count). The molecule has 2 fully saturated rings. The van der Waals surface area contributed by atoms with E-state index in [-0.39, 0.29) is 52.9 Å². The third kappa shape index (κ3) is 2.97. The van der Waals surface area contributed by atoms with Crippen LogP contribution in [0.3, 0.4) is 0 Å². The molecular formula is C23H25FN2O3S. The van der Waals surface area contributed by atoms with E-state index in [0.29, 0.717) is 10.7 Å². The number of carbonyl (C=O) groups is 2. The molecule has 2 aliphatic carbocycles. The highest BCUT2D eigenvalue weighted by atomic mass is 32.1. The molecule has 1 amide bonds. The molecule has 5 nitrogen and oxygen atoms in total. The van der Waals surface area contributed by atoms with E-state index >= 15 is 0 Å². The largest absolute Gasteiger partial charge is 0.461 e. The molecule has 1 saturated carbocycles. The number of carbonyl (C=O) groups excluding carboxylic acids is 2. The summed E-state index contributed by atoms with van der Waals surface area (Å²) in [6, 6.07) is 5.48. The minimum Gasteiger partial charge on any atom is -0.461 e. The van der Waals surface area contributed by atoms with Gasteiger partial charge in [0, 0.05) is 28.2 Å². The smallest absolute Gasteiger partial charge is 0.309 e. The average molecular weight is 429 g/mol. The van der Waals surface area contributed by atoms with E-state index in [1.165, 1.54) is 40.5 Å². The first-order chi connectivity index (χ1) is 14.3. The number of nitrogens with zero attached hydrogens (tertiary/aromatic N) is 1. The Morgan fingerprint density at radius 3 is 2.73 bits per heavy atom. The highest BCUT2D eigenvalue weighted by Gasteiger charge is 2.58. The zero-order valence-corrected chi connectivity index (χ0v) is 18.1. The SMILES string of the molecule is C[C@@H]1C(=O)O[C@H]2[C@H]1CC[C@]1(C)Cc3sc(NC(=O)c4ccc(F)cc4)nc3[C@@H](C)[C@H]21.